The molecule has 0 spiro atoms. The highest BCUT2D eigenvalue weighted by Gasteiger charge is 2.34. The van der Waals surface area contributed by atoms with Crippen molar-refractivity contribution in [2.75, 3.05) is 0 Å². The molecule has 0 saturated carbocycles. The van der Waals surface area contributed by atoms with Crippen LogP contribution in [0.4, 0.5) is 0 Å². The maximum absolute atomic E-state index is 11.5. The van der Waals surface area contributed by atoms with Crippen molar-refractivity contribution in [3.05, 3.63) is 33.9 Å². The highest BCUT2D eigenvalue weighted by molar-refractivity contribution is 5.16. The van der Waals surface area contributed by atoms with E-state index in [0.29, 0.717) is 18.4 Å². The van der Waals surface area contributed by atoms with Crippen molar-refractivity contribution >= 4 is 0 Å². The largest absolute Gasteiger partial charge is 0.424 e. The van der Waals surface area contributed by atoms with Gasteiger partial charge in [-0.3, -0.25) is 0 Å². The highest BCUT2D eigenvalue weighted by atomic mass is 16.4. The van der Waals surface area contributed by atoms with Gasteiger partial charge in [-0.1, -0.05) is 13.8 Å². The van der Waals surface area contributed by atoms with Crippen LogP contribution in [0, 0.1) is 0 Å². The van der Waals surface area contributed by atoms with Crippen LogP contribution in [0.3, 0.4) is 0 Å². The molecule has 0 bridgehead atoms. The second-order valence-corrected chi connectivity index (χ2v) is 4.04. The van der Waals surface area contributed by atoms with Crippen LogP contribution < -0.4 is 5.63 Å². The number of aryl methyl sites for hydroxylation is 1. The molecular weight excluding hydrogens is 208 g/mol. The molecule has 0 fully saturated rings. The summed E-state index contributed by atoms with van der Waals surface area (Å²) in [5.41, 5.74) is -1.42. The van der Waals surface area contributed by atoms with Gasteiger partial charge in [0.15, 0.2) is 0 Å². The van der Waals surface area contributed by atoms with Gasteiger partial charge in [-0.2, -0.15) is 0 Å². The molecule has 0 aliphatic rings. The Morgan fingerprint density at radius 2 is 2.06 bits per heavy atom. The van der Waals surface area contributed by atoms with E-state index >= 15 is 0 Å². The lowest BCUT2D eigenvalue weighted by Crippen LogP contribution is -2.36. The molecule has 0 radical (unpaired) electrons. The van der Waals surface area contributed by atoms with E-state index in [4.69, 9.17) is 4.42 Å². The molecule has 90 valence electrons. The number of aliphatic hydroxyl groups is 2. The van der Waals surface area contributed by atoms with E-state index in [1.54, 1.807) is 19.1 Å². The van der Waals surface area contributed by atoms with Crippen LogP contribution in [0.2, 0.25) is 0 Å². The fourth-order valence-corrected chi connectivity index (χ4v) is 1.54. The van der Waals surface area contributed by atoms with Crippen LogP contribution in [-0.4, -0.2) is 16.3 Å². The van der Waals surface area contributed by atoms with E-state index in [2.05, 4.69) is 0 Å². The summed E-state index contributed by atoms with van der Waals surface area (Å²) in [4.78, 5) is 11.5. The van der Waals surface area contributed by atoms with Crippen LogP contribution in [0.1, 0.15) is 38.5 Å². The van der Waals surface area contributed by atoms with Crippen LogP contribution in [0.15, 0.2) is 21.3 Å². The summed E-state index contributed by atoms with van der Waals surface area (Å²) in [6.45, 7) is 5.04. The number of hydrogen-bond donors (Lipinski definition) is 2. The molecule has 0 aromatic carbocycles. The minimum Gasteiger partial charge on any atom is -0.424 e. The molecule has 0 aliphatic heterocycles. The Balaban J connectivity index is 3.15. The summed E-state index contributed by atoms with van der Waals surface area (Å²) < 4.78 is 5.02. The van der Waals surface area contributed by atoms with Gasteiger partial charge >= 0.3 is 5.63 Å². The second-order valence-electron chi connectivity index (χ2n) is 4.04. The predicted octanol–water partition coefficient (Wildman–Crippen LogP) is 1.18. The Morgan fingerprint density at radius 1 is 1.44 bits per heavy atom. The molecule has 2 atom stereocenters. The van der Waals surface area contributed by atoms with Gasteiger partial charge in [0.25, 0.3) is 0 Å². The fraction of sp³-hybridized carbons (Fsp3) is 0.583. The summed E-state index contributed by atoms with van der Waals surface area (Å²) in [6.07, 6.45) is 0.0102. The summed E-state index contributed by atoms with van der Waals surface area (Å²) in [5.74, 6) is 0.101. The first-order chi connectivity index (χ1) is 7.43. The van der Waals surface area contributed by atoms with Gasteiger partial charge in [-0.25, -0.2) is 4.79 Å². The second kappa shape index (κ2) is 4.80. The molecule has 0 aliphatic carbocycles. The van der Waals surface area contributed by atoms with Gasteiger partial charge in [0, 0.05) is 5.56 Å². The molecular formula is C12H18O4. The zero-order chi connectivity index (χ0) is 12.3. The minimum absolute atomic E-state index is 0.101. The van der Waals surface area contributed by atoms with E-state index in [1.807, 2.05) is 6.92 Å². The van der Waals surface area contributed by atoms with Crippen LogP contribution in [-0.2, 0) is 12.0 Å². The Hall–Kier alpha value is -1.13. The quantitative estimate of drug-likeness (QED) is 0.808. The third kappa shape index (κ3) is 2.33. The third-order valence-corrected chi connectivity index (χ3v) is 2.82. The van der Waals surface area contributed by atoms with Crippen molar-refractivity contribution in [1.82, 2.24) is 0 Å². The SMILES string of the molecule is CCc1ccc(C(C)(O)C(O)CC)oc1=O. The molecule has 1 aromatic heterocycles. The first kappa shape index (κ1) is 12.9. The van der Waals surface area contributed by atoms with Crippen molar-refractivity contribution in [2.45, 2.75) is 45.3 Å². The Bertz CT molecular complexity index is 406. The van der Waals surface area contributed by atoms with Crippen molar-refractivity contribution in [3.63, 3.8) is 0 Å². The number of hydrogen-bond acceptors (Lipinski definition) is 4. The summed E-state index contributed by atoms with van der Waals surface area (Å²) in [7, 11) is 0. The average molecular weight is 226 g/mol. The standard InChI is InChI=1S/C12H18O4/c1-4-8-6-7-10(16-11(8)14)12(3,15)9(13)5-2/h6-7,9,13,15H,4-5H2,1-3H3. The van der Waals surface area contributed by atoms with Crippen LogP contribution in [0.25, 0.3) is 0 Å². The number of rotatable bonds is 4. The smallest absolute Gasteiger partial charge is 0.339 e. The molecule has 4 nitrogen and oxygen atoms in total. The van der Waals surface area contributed by atoms with Crippen molar-refractivity contribution < 1.29 is 14.6 Å². The number of aliphatic hydroxyl groups excluding tert-OH is 1. The zero-order valence-corrected chi connectivity index (χ0v) is 9.86. The van der Waals surface area contributed by atoms with E-state index in [9.17, 15) is 15.0 Å². The maximum atomic E-state index is 11.5. The molecule has 1 rings (SSSR count). The van der Waals surface area contributed by atoms with Gasteiger partial charge in [0.05, 0.1) is 6.10 Å². The van der Waals surface area contributed by atoms with Crippen molar-refractivity contribution in [2.24, 2.45) is 0 Å². The molecule has 2 N–H and O–H groups in total. The van der Waals surface area contributed by atoms with Gasteiger partial charge < -0.3 is 14.6 Å². The maximum Gasteiger partial charge on any atom is 0.339 e. The summed E-state index contributed by atoms with van der Waals surface area (Å²) in [6, 6.07) is 3.16. The zero-order valence-electron chi connectivity index (χ0n) is 9.86. The fourth-order valence-electron chi connectivity index (χ4n) is 1.54. The minimum atomic E-state index is -1.53. The van der Waals surface area contributed by atoms with E-state index in [-0.39, 0.29) is 5.76 Å². The topological polar surface area (TPSA) is 70.7 Å². The van der Waals surface area contributed by atoms with Crippen molar-refractivity contribution in [3.8, 4) is 0 Å². The first-order valence-corrected chi connectivity index (χ1v) is 5.47. The normalized spacial score (nSPS) is 16.8. The molecule has 1 heterocycles. The van der Waals surface area contributed by atoms with Gasteiger partial charge in [0.1, 0.15) is 11.4 Å². The van der Waals surface area contributed by atoms with Gasteiger partial charge in [-0.05, 0) is 31.9 Å². The Labute approximate surface area is 94.5 Å². The van der Waals surface area contributed by atoms with Crippen molar-refractivity contribution in [1.29, 1.82) is 0 Å². The molecule has 0 amide bonds. The van der Waals surface area contributed by atoms with Gasteiger partial charge in [-0.15, -0.1) is 0 Å². The Morgan fingerprint density at radius 3 is 2.50 bits per heavy atom. The van der Waals surface area contributed by atoms with Gasteiger partial charge in [0.2, 0.25) is 0 Å². The van der Waals surface area contributed by atoms with Crippen LogP contribution in [0.5, 0.6) is 0 Å². The predicted molar refractivity (Wildman–Crippen MR) is 60.2 cm³/mol. The summed E-state index contributed by atoms with van der Waals surface area (Å²) in [5, 5.41) is 19.7. The molecule has 2 unspecified atom stereocenters. The van der Waals surface area contributed by atoms with E-state index in [0.717, 1.165) is 0 Å². The lowest BCUT2D eigenvalue weighted by atomic mass is 9.93. The molecule has 4 heteroatoms. The van der Waals surface area contributed by atoms with Crippen LogP contribution >= 0.6 is 0 Å². The highest BCUT2D eigenvalue weighted by Crippen LogP contribution is 2.25. The average Bonchev–Trinajstić information content (AvgIpc) is 2.27. The van der Waals surface area contributed by atoms with E-state index < -0.39 is 17.3 Å². The molecule has 1 aromatic rings. The molecule has 16 heavy (non-hydrogen) atoms. The lowest BCUT2D eigenvalue weighted by molar-refractivity contribution is -0.0827. The monoisotopic (exact) mass is 226 g/mol. The first-order valence-electron chi connectivity index (χ1n) is 5.47. The molecule has 0 saturated heterocycles. The third-order valence-electron chi connectivity index (χ3n) is 2.82. The Kier molecular flexibility index (Phi) is 3.88. The lowest BCUT2D eigenvalue weighted by Gasteiger charge is -2.26. The summed E-state index contributed by atoms with van der Waals surface area (Å²) >= 11 is 0. The van der Waals surface area contributed by atoms with E-state index in [1.165, 1.54) is 6.92 Å².